The molecule has 0 aliphatic heterocycles. The first kappa shape index (κ1) is 13.9. The van der Waals surface area contributed by atoms with E-state index in [0.717, 1.165) is 5.56 Å². The van der Waals surface area contributed by atoms with Crippen LogP contribution < -0.4 is 10.7 Å². The van der Waals surface area contributed by atoms with Gasteiger partial charge in [-0.2, -0.15) is 5.10 Å². The molecule has 0 spiro atoms. The lowest BCUT2D eigenvalue weighted by Gasteiger charge is -2.08. The summed E-state index contributed by atoms with van der Waals surface area (Å²) in [5.41, 5.74) is 1.08. The number of amides is 1. The van der Waals surface area contributed by atoms with Crippen molar-refractivity contribution in [2.75, 3.05) is 0 Å². The van der Waals surface area contributed by atoms with Crippen molar-refractivity contribution in [3.05, 3.63) is 70.3 Å². The van der Waals surface area contributed by atoms with Crippen LogP contribution in [0.5, 0.6) is 0 Å². The average Bonchev–Trinajstić information content (AvgIpc) is 2.57. The first-order valence-electron chi connectivity index (χ1n) is 6.80. The van der Waals surface area contributed by atoms with Gasteiger partial charge in [-0.25, -0.2) is 0 Å². The van der Waals surface area contributed by atoms with E-state index in [9.17, 15) is 9.59 Å². The summed E-state index contributed by atoms with van der Waals surface area (Å²) in [6, 6.07) is 10.7. The number of benzene rings is 1. The highest BCUT2D eigenvalue weighted by molar-refractivity contribution is 5.95. The van der Waals surface area contributed by atoms with E-state index in [0.29, 0.717) is 17.4 Å². The van der Waals surface area contributed by atoms with Crippen molar-refractivity contribution in [1.82, 2.24) is 20.1 Å². The lowest BCUT2D eigenvalue weighted by molar-refractivity contribution is 0.0943. The maximum Gasteiger partial charge on any atom is 0.276 e. The van der Waals surface area contributed by atoms with E-state index in [1.807, 2.05) is 12.1 Å². The predicted molar refractivity (Wildman–Crippen MR) is 82.4 cm³/mol. The first-order chi connectivity index (χ1) is 10.7. The highest BCUT2D eigenvalue weighted by Gasteiger charge is 2.15. The van der Waals surface area contributed by atoms with E-state index in [4.69, 9.17) is 0 Å². The Morgan fingerprint density at radius 3 is 2.82 bits per heavy atom. The number of para-hydroxylation sites is 1. The molecule has 0 saturated heterocycles. The molecule has 2 aromatic heterocycles. The van der Waals surface area contributed by atoms with Crippen LogP contribution in [0.3, 0.4) is 0 Å². The van der Waals surface area contributed by atoms with Crippen LogP contribution in [0.2, 0.25) is 0 Å². The topological polar surface area (TPSA) is 76.9 Å². The number of nitrogens with one attached hydrogen (secondary N) is 1. The fourth-order valence-corrected chi connectivity index (χ4v) is 2.24. The van der Waals surface area contributed by atoms with Crippen molar-refractivity contribution in [3.63, 3.8) is 0 Å². The van der Waals surface area contributed by atoms with E-state index in [2.05, 4.69) is 15.4 Å². The molecule has 0 atom stereocenters. The van der Waals surface area contributed by atoms with Crippen molar-refractivity contribution in [2.24, 2.45) is 7.05 Å². The van der Waals surface area contributed by atoms with E-state index >= 15 is 0 Å². The molecule has 110 valence electrons. The molecule has 6 heteroatoms. The van der Waals surface area contributed by atoms with Gasteiger partial charge in [0.05, 0.1) is 5.52 Å². The second-order valence-electron chi connectivity index (χ2n) is 4.86. The third-order valence-corrected chi connectivity index (χ3v) is 3.35. The molecule has 6 nitrogen and oxygen atoms in total. The lowest BCUT2D eigenvalue weighted by Crippen LogP contribution is -2.31. The monoisotopic (exact) mass is 294 g/mol. The molecule has 1 aromatic carbocycles. The maximum absolute atomic E-state index is 12.4. The van der Waals surface area contributed by atoms with Gasteiger partial charge in [0.2, 0.25) is 5.43 Å². The van der Waals surface area contributed by atoms with Crippen molar-refractivity contribution in [2.45, 2.75) is 6.54 Å². The third kappa shape index (κ3) is 2.58. The molecule has 0 bridgehead atoms. The van der Waals surface area contributed by atoms with Gasteiger partial charge in [0.1, 0.15) is 0 Å². The molecule has 0 aliphatic rings. The molecular formula is C16H14N4O2. The second kappa shape index (κ2) is 5.77. The van der Waals surface area contributed by atoms with Gasteiger partial charge < -0.3 is 5.32 Å². The molecule has 0 unspecified atom stereocenters. The van der Waals surface area contributed by atoms with Crippen molar-refractivity contribution >= 4 is 16.8 Å². The molecule has 0 aliphatic carbocycles. The summed E-state index contributed by atoms with van der Waals surface area (Å²) < 4.78 is 1.54. The zero-order chi connectivity index (χ0) is 15.5. The summed E-state index contributed by atoms with van der Waals surface area (Å²) in [7, 11) is 1.71. The third-order valence-electron chi connectivity index (χ3n) is 3.35. The Morgan fingerprint density at radius 2 is 2.05 bits per heavy atom. The summed E-state index contributed by atoms with van der Waals surface area (Å²) in [6.45, 7) is 0.296. The second-order valence-corrected chi connectivity index (χ2v) is 4.86. The molecule has 0 saturated carbocycles. The largest absolute Gasteiger partial charge is 0.346 e. The number of pyridine rings is 1. The Labute approximate surface area is 126 Å². The summed E-state index contributed by atoms with van der Waals surface area (Å²) in [5, 5.41) is 7.26. The van der Waals surface area contributed by atoms with E-state index in [1.165, 1.54) is 4.68 Å². The minimum atomic E-state index is -0.491. The maximum atomic E-state index is 12.4. The highest BCUT2D eigenvalue weighted by Crippen LogP contribution is 2.08. The van der Waals surface area contributed by atoms with Gasteiger partial charge in [-0.05, 0) is 23.8 Å². The van der Waals surface area contributed by atoms with Crippen molar-refractivity contribution in [1.29, 1.82) is 0 Å². The van der Waals surface area contributed by atoms with Gasteiger partial charge in [0.25, 0.3) is 5.91 Å². The van der Waals surface area contributed by atoms with Crippen molar-refractivity contribution < 1.29 is 4.79 Å². The molecule has 3 aromatic rings. The van der Waals surface area contributed by atoms with Crippen LogP contribution in [0.15, 0.2) is 53.6 Å². The smallest absolute Gasteiger partial charge is 0.276 e. The lowest BCUT2D eigenvalue weighted by atomic mass is 10.2. The fraction of sp³-hybridized carbons (Fsp3) is 0.125. The van der Waals surface area contributed by atoms with E-state index in [1.54, 1.807) is 43.7 Å². The predicted octanol–water partition coefficient (Wildman–Crippen LogP) is 1.26. The quantitative estimate of drug-likeness (QED) is 0.789. The van der Waals surface area contributed by atoms with Crippen LogP contribution >= 0.6 is 0 Å². The van der Waals surface area contributed by atoms with Gasteiger partial charge in [-0.15, -0.1) is 0 Å². The number of fused-ring (bicyclic) bond motifs is 1. The Morgan fingerprint density at radius 1 is 1.23 bits per heavy atom. The number of carbonyl (C=O) groups is 1. The summed E-state index contributed by atoms with van der Waals surface area (Å²) >= 11 is 0. The normalized spacial score (nSPS) is 10.6. The summed E-state index contributed by atoms with van der Waals surface area (Å²) in [6.07, 6.45) is 3.32. The van der Waals surface area contributed by atoms with Gasteiger partial charge in [0.15, 0.2) is 5.69 Å². The standard InChI is InChI=1S/C16H14N4O2/c1-20-13-7-3-2-6-12(13)15(21)14(19-20)16(22)18-10-11-5-4-8-17-9-11/h2-9H,10H2,1H3,(H,18,22). The number of carbonyl (C=O) groups excluding carboxylic acids is 1. The number of aromatic nitrogens is 3. The molecule has 1 N–H and O–H groups in total. The molecular weight excluding hydrogens is 280 g/mol. The minimum absolute atomic E-state index is 0.106. The molecule has 0 fully saturated rings. The molecule has 1 amide bonds. The van der Waals surface area contributed by atoms with E-state index < -0.39 is 5.91 Å². The first-order valence-corrected chi connectivity index (χ1v) is 6.80. The Bertz CT molecular complexity index is 888. The van der Waals surface area contributed by atoms with Crippen LogP contribution in [0.25, 0.3) is 10.9 Å². The summed E-state index contributed by atoms with van der Waals surface area (Å²) in [5.74, 6) is -0.491. The number of aryl methyl sites for hydroxylation is 1. The van der Waals surface area contributed by atoms with Gasteiger partial charge in [-0.1, -0.05) is 18.2 Å². The van der Waals surface area contributed by atoms with Crippen LogP contribution in [0.4, 0.5) is 0 Å². The number of rotatable bonds is 3. The SMILES string of the molecule is Cn1nc(C(=O)NCc2cccnc2)c(=O)c2ccccc21. The zero-order valence-corrected chi connectivity index (χ0v) is 12.0. The van der Waals surface area contributed by atoms with Gasteiger partial charge >= 0.3 is 0 Å². The Hall–Kier alpha value is -3.02. The number of nitrogens with zero attached hydrogens (tertiary/aromatic N) is 3. The van der Waals surface area contributed by atoms with Gasteiger partial charge in [0, 0.05) is 31.4 Å². The number of hydrogen-bond donors (Lipinski definition) is 1. The average molecular weight is 294 g/mol. The van der Waals surface area contributed by atoms with Crippen molar-refractivity contribution in [3.8, 4) is 0 Å². The van der Waals surface area contributed by atoms with Crippen LogP contribution in [-0.4, -0.2) is 20.7 Å². The molecule has 2 heterocycles. The Balaban J connectivity index is 1.91. The highest BCUT2D eigenvalue weighted by atomic mass is 16.2. The van der Waals surface area contributed by atoms with Gasteiger partial charge in [-0.3, -0.25) is 19.3 Å². The molecule has 3 rings (SSSR count). The zero-order valence-electron chi connectivity index (χ0n) is 12.0. The summed E-state index contributed by atoms with van der Waals surface area (Å²) in [4.78, 5) is 28.6. The molecule has 22 heavy (non-hydrogen) atoms. The van der Waals surface area contributed by atoms with E-state index in [-0.39, 0.29) is 11.1 Å². The number of hydrogen-bond acceptors (Lipinski definition) is 4. The van der Waals surface area contributed by atoms with Crippen LogP contribution in [0, 0.1) is 0 Å². The Kier molecular flexibility index (Phi) is 3.65. The van der Waals surface area contributed by atoms with Crippen LogP contribution in [0.1, 0.15) is 16.1 Å². The minimum Gasteiger partial charge on any atom is -0.346 e. The van der Waals surface area contributed by atoms with Crippen LogP contribution in [-0.2, 0) is 13.6 Å². The molecule has 0 radical (unpaired) electrons. The fourth-order valence-electron chi connectivity index (χ4n) is 2.24.